The molecule has 0 bridgehead atoms. The third kappa shape index (κ3) is 3.83. The molecule has 0 saturated heterocycles. The Balaban J connectivity index is 1.89. The standard InChI is InChI=1S/C15H20N2O2/c1-2-9-19-14-7-5-13(6-8-14)17-15(18)11-3-4-12(16)10-11/h3-8,11-12H,2,9-10,16H2,1H3,(H,17,18). The molecule has 0 aliphatic heterocycles. The van der Waals surface area contributed by atoms with E-state index in [9.17, 15) is 4.79 Å². The molecule has 0 aromatic heterocycles. The van der Waals surface area contributed by atoms with Crippen molar-refractivity contribution >= 4 is 11.6 Å². The van der Waals surface area contributed by atoms with Crippen molar-refractivity contribution in [1.82, 2.24) is 0 Å². The number of carbonyl (C=O) groups is 1. The molecule has 2 rings (SSSR count). The van der Waals surface area contributed by atoms with Gasteiger partial charge in [0.1, 0.15) is 5.75 Å². The van der Waals surface area contributed by atoms with E-state index in [1.54, 1.807) is 0 Å². The first-order chi connectivity index (χ1) is 9.19. The summed E-state index contributed by atoms with van der Waals surface area (Å²) in [4.78, 5) is 12.0. The third-order valence-electron chi connectivity index (χ3n) is 3.05. The molecule has 1 aliphatic carbocycles. The van der Waals surface area contributed by atoms with Crippen molar-refractivity contribution in [1.29, 1.82) is 0 Å². The fraction of sp³-hybridized carbons (Fsp3) is 0.400. The van der Waals surface area contributed by atoms with Gasteiger partial charge < -0.3 is 15.8 Å². The van der Waals surface area contributed by atoms with Crippen molar-refractivity contribution in [3.8, 4) is 5.75 Å². The molecule has 0 spiro atoms. The second kappa shape index (κ2) is 6.38. The summed E-state index contributed by atoms with van der Waals surface area (Å²) in [5.41, 5.74) is 6.52. The van der Waals surface area contributed by atoms with Crippen LogP contribution in [-0.4, -0.2) is 18.6 Å². The van der Waals surface area contributed by atoms with Gasteiger partial charge in [-0.05, 0) is 37.1 Å². The monoisotopic (exact) mass is 260 g/mol. The molecule has 1 aromatic carbocycles. The molecule has 0 saturated carbocycles. The lowest BCUT2D eigenvalue weighted by molar-refractivity contribution is -0.118. The smallest absolute Gasteiger partial charge is 0.231 e. The zero-order chi connectivity index (χ0) is 13.7. The number of amides is 1. The van der Waals surface area contributed by atoms with Crippen LogP contribution in [0.4, 0.5) is 5.69 Å². The second-order valence-electron chi connectivity index (χ2n) is 4.75. The van der Waals surface area contributed by atoms with Crippen molar-refractivity contribution < 1.29 is 9.53 Å². The highest BCUT2D eigenvalue weighted by molar-refractivity contribution is 5.94. The number of rotatable bonds is 5. The molecule has 2 unspecified atom stereocenters. The second-order valence-corrected chi connectivity index (χ2v) is 4.75. The van der Waals surface area contributed by atoms with Crippen LogP contribution in [0, 0.1) is 5.92 Å². The first-order valence-electron chi connectivity index (χ1n) is 6.66. The Hall–Kier alpha value is -1.81. The van der Waals surface area contributed by atoms with Crippen molar-refractivity contribution in [3.05, 3.63) is 36.4 Å². The van der Waals surface area contributed by atoms with Gasteiger partial charge in [-0.2, -0.15) is 0 Å². The number of nitrogens with two attached hydrogens (primary N) is 1. The summed E-state index contributed by atoms with van der Waals surface area (Å²) in [7, 11) is 0. The van der Waals surface area contributed by atoms with E-state index in [4.69, 9.17) is 10.5 Å². The van der Waals surface area contributed by atoms with E-state index >= 15 is 0 Å². The normalized spacial score (nSPS) is 21.4. The minimum absolute atomic E-state index is 0.000528. The number of benzene rings is 1. The van der Waals surface area contributed by atoms with Crippen LogP contribution < -0.4 is 15.8 Å². The molecular weight excluding hydrogens is 240 g/mol. The zero-order valence-corrected chi connectivity index (χ0v) is 11.1. The van der Waals surface area contributed by atoms with Gasteiger partial charge in [0.25, 0.3) is 0 Å². The quantitative estimate of drug-likeness (QED) is 0.798. The molecule has 0 radical (unpaired) electrons. The highest BCUT2D eigenvalue weighted by Crippen LogP contribution is 2.20. The van der Waals surface area contributed by atoms with Crippen molar-refractivity contribution in [2.75, 3.05) is 11.9 Å². The summed E-state index contributed by atoms with van der Waals surface area (Å²) >= 11 is 0. The molecule has 4 heteroatoms. The molecular formula is C15H20N2O2. The minimum atomic E-state index is -0.119. The Labute approximate surface area is 113 Å². The van der Waals surface area contributed by atoms with Crippen LogP contribution in [0.3, 0.4) is 0 Å². The molecule has 102 valence electrons. The zero-order valence-electron chi connectivity index (χ0n) is 11.1. The SMILES string of the molecule is CCCOc1ccc(NC(=O)C2C=CC(N)C2)cc1. The van der Waals surface area contributed by atoms with Crippen LogP contribution in [0.5, 0.6) is 5.75 Å². The number of anilines is 1. The van der Waals surface area contributed by atoms with Gasteiger partial charge in [-0.15, -0.1) is 0 Å². The average Bonchev–Trinajstić information content (AvgIpc) is 2.85. The van der Waals surface area contributed by atoms with Gasteiger partial charge in [0.05, 0.1) is 12.5 Å². The molecule has 1 amide bonds. The van der Waals surface area contributed by atoms with Crippen molar-refractivity contribution in [3.63, 3.8) is 0 Å². The van der Waals surface area contributed by atoms with Crippen LogP contribution in [0.15, 0.2) is 36.4 Å². The molecule has 1 aliphatic rings. The first kappa shape index (κ1) is 13.6. The Morgan fingerprint density at radius 1 is 1.37 bits per heavy atom. The molecule has 4 nitrogen and oxygen atoms in total. The Morgan fingerprint density at radius 3 is 2.68 bits per heavy atom. The fourth-order valence-corrected chi connectivity index (χ4v) is 2.01. The van der Waals surface area contributed by atoms with Gasteiger partial charge in [-0.25, -0.2) is 0 Å². The van der Waals surface area contributed by atoms with E-state index < -0.39 is 0 Å². The number of carbonyl (C=O) groups excluding carboxylic acids is 1. The number of hydrogen-bond acceptors (Lipinski definition) is 3. The number of nitrogens with one attached hydrogen (secondary N) is 1. The lowest BCUT2D eigenvalue weighted by Gasteiger charge is -2.11. The molecule has 0 fully saturated rings. The van der Waals surface area contributed by atoms with E-state index in [1.165, 1.54) is 0 Å². The summed E-state index contributed by atoms with van der Waals surface area (Å²) in [6, 6.07) is 7.42. The number of ether oxygens (including phenoxy) is 1. The van der Waals surface area contributed by atoms with Gasteiger partial charge >= 0.3 is 0 Å². The minimum Gasteiger partial charge on any atom is -0.494 e. The van der Waals surface area contributed by atoms with Crippen LogP contribution in [0.25, 0.3) is 0 Å². The van der Waals surface area contributed by atoms with E-state index in [2.05, 4.69) is 12.2 Å². The summed E-state index contributed by atoms with van der Waals surface area (Å²) in [6.07, 6.45) is 5.42. The lowest BCUT2D eigenvalue weighted by Crippen LogP contribution is -2.23. The highest BCUT2D eigenvalue weighted by Gasteiger charge is 2.22. The largest absolute Gasteiger partial charge is 0.494 e. The summed E-state index contributed by atoms with van der Waals surface area (Å²) in [6.45, 7) is 2.77. The molecule has 3 N–H and O–H groups in total. The third-order valence-corrected chi connectivity index (χ3v) is 3.05. The molecule has 1 aromatic rings. The summed E-state index contributed by atoms with van der Waals surface area (Å²) < 4.78 is 5.49. The highest BCUT2D eigenvalue weighted by atomic mass is 16.5. The van der Waals surface area contributed by atoms with Crippen LogP contribution in [-0.2, 0) is 4.79 Å². The van der Waals surface area contributed by atoms with E-state index in [1.807, 2.05) is 36.4 Å². The Bertz CT molecular complexity index is 454. The maximum Gasteiger partial charge on any atom is 0.231 e. The van der Waals surface area contributed by atoms with Crippen molar-refractivity contribution in [2.45, 2.75) is 25.8 Å². The average molecular weight is 260 g/mol. The number of hydrogen-bond donors (Lipinski definition) is 2. The Morgan fingerprint density at radius 2 is 2.11 bits per heavy atom. The van der Waals surface area contributed by atoms with Gasteiger partial charge in [0.15, 0.2) is 0 Å². The Kier molecular flexibility index (Phi) is 4.58. The topological polar surface area (TPSA) is 64.3 Å². The predicted octanol–water partition coefficient (Wildman–Crippen LogP) is 2.32. The lowest BCUT2D eigenvalue weighted by atomic mass is 10.1. The van der Waals surface area contributed by atoms with Crippen LogP contribution >= 0.6 is 0 Å². The summed E-state index contributed by atoms with van der Waals surface area (Å²) in [5, 5.41) is 2.89. The fourth-order valence-electron chi connectivity index (χ4n) is 2.01. The van der Waals surface area contributed by atoms with E-state index in [0.717, 1.165) is 17.9 Å². The van der Waals surface area contributed by atoms with Gasteiger partial charge in [0, 0.05) is 11.7 Å². The molecule has 2 atom stereocenters. The van der Waals surface area contributed by atoms with Crippen LogP contribution in [0.2, 0.25) is 0 Å². The van der Waals surface area contributed by atoms with Gasteiger partial charge in [-0.1, -0.05) is 19.1 Å². The van der Waals surface area contributed by atoms with Crippen LogP contribution in [0.1, 0.15) is 19.8 Å². The molecule has 0 heterocycles. The van der Waals surface area contributed by atoms with Gasteiger partial charge in [-0.3, -0.25) is 4.79 Å². The summed E-state index contributed by atoms with van der Waals surface area (Å²) in [5.74, 6) is 0.695. The van der Waals surface area contributed by atoms with E-state index in [0.29, 0.717) is 13.0 Å². The van der Waals surface area contributed by atoms with E-state index in [-0.39, 0.29) is 17.9 Å². The van der Waals surface area contributed by atoms with Gasteiger partial charge in [0.2, 0.25) is 5.91 Å². The van der Waals surface area contributed by atoms with Crippen molar-refractivity contribution in [2.24, 2.45) is 11.7 Å². The predicted molar refractivity (Wildman–Crippen MR) is 76.1 cm³/mol. The molecule has 19 heavy (non-hydrogen) atoms. The first-order valence-corrected chi connectivity index (χ1v) is 6.66. The maximum atomic E-state index is 12.0. The maximum absolute atomic E-state index is 12.0.